The van der Waals surface area contributed by atoms with E-state index in [-0.39, 0.29) is 37.5 Å². The van der Waals surface area contributed by atoms with E-state index in [9.17, 15) is 14.4 Å². The normalized spacial score (nSPS) is 13.2. The van der Waals surface area contributed by atoms with Gasteiger partial charge in [-0.2, -0.15) is 0 Å². The van der Waals surface area contributed by atoms with Gasteiger partial charge in [-0.1, -0.05) is 275 Å². The number of allylic oxidation sites excluding steroid dienone is 26. The molecule has 0 aromatic heterocycles. The van der Waals surface area contributed by atoms with Crippen LogP contribution in [0.5, 0.6) is 0 Å². The van der Waals surface area contributed by atoms with Crippen molar-refractivity contribution >= 4 is 17.9 Å². The van der Waals surface area contributed by atoms with Crippen LogP contribution in [0.15, 0.2) is 158 Å². The highest BCUT2D eigenvalue weighted by molar-refractivity contribution is 5.71. The minimum absolute atomic E-state index is 0.112. The van der Waals surface area contributed by atoms with E-state index in [1.807, 2.05) is 0 Å². The van der Waals surface area contributed by atoms with Crippen LogP contribution in [0, 0.1) is 0 Å². The van der Waals surface area contributed by atoms with Crippen LogP contribution >= 0.6 is 0 Å². The first-order chi connectivity index (χ1) is 40.0. The molecule has 0 rings (SSSR count). The summed E-state index contributed by atoms with van der Waals surface area (Å²) < 4.78 is 16.9. The summed E-state index contributed by atoms with van der Waals surface area (Å²) in [5.74, 6) is -0.989. The predicted molar refractivity (Wildman–Crippen MR) is 352 cm³/mol. The van der Waals surface area contributed by atoms with Crippen LogP contribution in [0.1, 0.15) is 278 Å². The van der Waals surface area contributed by atoms with Gasteiger partial charge in [-0.25, -0.2) is 0 Å². The lowest BCUT2D eigenvalue weighted by Crippen LogP contribution is -2.30. The maximum absolute atomic E-state index is 12.9. The molecule has 1 unspecified atom stereocenters. The number of unbranched alkanes of at least 4 members (excludes halogenated alkanes) is 21. The second-order valence-electron chi connectivity index (χ2n) is 21.3. The Morgan fingerprint density at radius 3 is 0.790 bits per heavy atom. The summed E-state index contributed by atoms with van der Waals surface area (Å²) in [4.78, 5) is 38.4. The maximum Gasteiger partial charge on any atom is 0.306 e. The maximum atomic E-state index is 12.9. The highest BCUT2D eigenvalue weighted by Crippen LogP contribution is 2.15. The van der Waals surface area contributed by atoms with Gasteiger partial charge >= 0.3 is 17.9 Å². The Morgan fingerprint density at radius 1 is 0.259 bits per heavy atom. The summed E-state index contributed by atoms with van der Waals surface area (Å²) in [6.07, 6.45) is 98.2. The molecular formula is C75H120O6. The third kappa shape index (κ3) is 65.7. The van der Waals surface area contributed by atoms with Gasteiger partial charge in [0.2, 0.25) is 0 Å². The molecule has 81 heavy (non-hydrogen) atoms. The zero-order chi connectivity index (χ0) is 58.5. The zero-order valence-electron chi connectivity index (χ0n) is 52.2. The van der Waals surface area contributed by atoms with Crippen LogP contribution in [-0.4, -0.2) is 37.2 Å². The number of hydrogen-bond donors (Lipinski definition) is 0. The Hall–Kier alpha value is -4.97. The molecule has 0 saturated carbocycles. The first kappa shape index (κ1) is 76.0. The molecule has 0 aromatic rings. The van der Waals surface area contributed by atoms with Crippen molar-refractivity contribution in [2.75, 3.05) is 13.2 Å². The second kappa shape index (κ2) is 67.5. The average Bonchev–Trinajstić information content (AvgIpc) is 3.47. The number of carbonyl (C=O) groups excluding carboxylic acids is 3. The van der Waals surface area contributed by atoms with Crippen LogP contribution in [0.3, 0.4) is 0 Å². The molecule has 0 aliphatic heterocycles. The van der Waals surface area contributed by atoms with Crippen LogP contribution < -0.4 is 0 Å². The lowest BCUT2D eigenvalue weighted by atomic mass is 10.0. The van der Waals surface area contributed by atoms with Crippen LogP contribution in [-0.2, 0) is 28.6 Å². The van der Waals surface area contributed by atoms with Crippen molar-refractivity contribution in [2.45, 2.75) is 284 Å². The van der Waals surface area contributed by atoms with Gasteiger partial charge in [0.1, 0.15) is 13.2 Å². The molecule has 1 atom stereocenters. The molecule has 0 N–H and O–H groups in total. The molecule has 0 bridgehead atoms. The van der Waals surface area contributed by atoms with Crippen LogP contribution in [0.25, 0.3) is 0 Å². The van der Waals surface area contributed by atoms with Gasteiger partial charge in [0.25, 0.3) is 0 Å². The molecule has 0 fully saturated rings. The SMILES string of the molecule is CC/C=C\C/C=C\C/C=C\C/C=C\C/C=C\C/C=C\C/C=C\CCCC(=O)OC(COC(=O)CCCCCCC/C=C\C/C=C\CCCCC)COC(=O)CCCCCCCCCCCCCC/C=C\C/C=C\C/C=C\C/C=C\CC. The minimum atomic E-state index is -0.824. The number of rotatable bonds is 58. The van der Waals surface area contributed by atoms with E-state index in [4.69, 9.17) is 14.2 Å². The number of ether oxygens (including phenoxy) is 3. The van der Waals surface area contributed by atoms with Crippen molar-refractivity contribution in [1.82, 2.24) is 0 Å². The van der Waals surface area contributed by atoms with E-state index in [1.54, 1.807) is 0 Å². The van der Waals surface area contributed by atoms with Gasteiger partial charge in [-0.15, -0.1) is 0 Å². The Bertz CT molecular complexity index is 1810. The van der Waals surface area contributed by atoms with Gasteiger partial charge in [0.15, 0.2) is 6.10 Å². The third-order valence-electron chi connectivity index (χ3n) is 13.5. The number of carbonyl (C=O) groups is 3. The first-order valence-electron chi connectivity index (χ1n) is 33.0. The highest BCUT2D eigenvalue weighted by Gasteiger charge is 2.19. The largest absolute Gasteiger partial charge is 0.462 e. The Balaban J connectivity index is 4.48. The summed E-state index contributed by atoms with van der Waals surface area (Å²) in [6, 6.07) is 0. The molecule has 456 valence electrons. The van der Waals surface area contributed by atoms with Crippen LogP contribution in [0.2, 0.25) is 0 Å². The van der Waals surface area contributed by atoms with Crippen molar-refractivity contribution in [3.8, 4) is 0 Å². The monoisotopic (exact) mass is 1120 g/mol. The molecule has 0 radical (unpaired) electrons. The van der Waals surface area contributed by atoms with Crippen molar-refractivity contribution in [1.29, 1.82) is 0 Å². The quantitative estimate of drug-likeness (QED) is 0.0261. The summed E-state index contributed by atoms with van der Waals surface area (Å²) in [5, 5.41) is 0. The molecule has 0 spiro atoms. The summed E-state index contributed by atoms with van der Waals surface area (Å²) in [6.45, 7) is 6.33. The molecule has 6 heteroatoms. The standard InChI is InChI=1S/C75H120O6/c1-4-7-10-13-16-19-22-25-28-30-32-34-36-37-39-40-42-44-47-50-53-56-59-62-65-68-74(77)80-71-72(70-79-73(76)67-64-61-58-55-52-49-46-27-24-21-18-15-12-9-6-3)81-75(78)69-66-63-60-57-54-51-48-45-43-41-38-35-33-31-29-26-23-20-17-14-11-8-5-2/h7-8,10-11,16-21,25-29,32-35,41,43,46,48,51,57,60,72H,4-6,9,12-15,22-24,30-31,36-40,42,44-45,47,49-50,52-56,58-59,61-71H2,1-3H3/b10-7-,11-8-,19-16-,20-17-,21-18-,28-25-,29-26-,34-32-,35-33-,43-41-,46-27-,51-48-,60-57-. The lowest BCUT2D eigenvalue weighted by Gasteiger charge is -2.18. The van der Waals surface area contributed by atoms with Gasteiger partial charge < -0.3 is 14.2 Å². The van der Waals surface area contributed by atoms with Gasteiger partial charge in [-0.3, -0.25) is 14.4 Å². The Morgan fingerprint density at radius 2 is 0.494 bits per heavy atom. The van der Waals surface area contributed by atoms with E-state index in [0.717, 1.165) is 141 Å². The summed E-state index contributed by atoms with van der Waals surface area (Å²) in [7, 11) is 0. The molecule has 6 nitrogen and oxygen atoms in total. The Kier molecular flexibility index (Phi) is 63.4. The van der Waals surface area contributed by atoms with Gasteiger partial charge in [0.05, 0.1) is 0 Å². The molecular weight excluding hydrogens is 997 g/mol. The molecule has 0 aliphatic carbocycles. The molecule has 0 amide bonds. The summed E-state index contributed by atoms with van der Waals surface area (Å²) in [5.41, 5.74) is 0. The zero-order valence-corrected chi connectivity index (χ0v) is 52.2. The Labute approximate surface area is 499 Å². The number of hydrogen-bond acceptors (Lipinski definition) is 6. The fraction of sp³-hybridized carbons (Fsp3) is 0.613. The van der Waals surface area contributed by atoms with E-state index in [2.05, 4.69) is 179 Å². The molecule has 0 saturated heterocycles. The van der Waals surface area contributed by atoms with E-state index in [1.165, 1.54) is 89.9 Å². The topological polar surface area (TPSA) is 78.9 Å². The number of esters is 3. The van der Waals surface area contributed by atoms with Crippen molar-refractivity contribution in [2.24, 2.45) is 0 Å². The molecule has 0 aliphatic rings. The van der Waals surface area contributed by atoms with Gasteiger partial charge in [-0.05, 0) is 141 Å². The van der Waals surface area contributed by atoms with E-state index in [0.29, 0.717) is 19.3 Å². The van der Waals surface area contributed by atoms with Crippen molar-refractivity contribution in [3.05, 3.63) is 158 Å². The molecule has 0 heterocycles. The average molecular weight is 1120 g/mol. The van der Waals surface area contributed by atoms with E-state index >= 15 is 0 Å². The van der Waals surface area contributed by atoms with Crippen molar-refractivity contribution < 1.29 is 28.6 Å². The minimum Gasteiger partial charge on any atom is -0.462 e. The van der Waals surface area contributed by atoms with E-state index < -0.39 is 6.10 Å². The lowest BCUT2D eigenvalue weighted by molar-refractivity contribution is -0.167. The van der Waals surface area contributed by atoms with Crippen molar-refractivity contribution in [3.63, 3.8) is 0 Å². The predicted octanol–water partition coefficient (Wildman–Crippen LogP) is 22.9. The van der Waals surface area contributed by atoms with Crippen LogP contribution in [0.4, 0.5) is 0 Å². The first-order valence-corrected chi connectivity index (χ1v) is 33.0. The summed E-state index contributed by atoms with van der Waals surface area (Å²) >= 11 is 0. The fourth-order valence-electron chi connectivity index (χ4n) is 8.63. The highest BCUT2D eigenvalue weighted by atomic mass is 16.6. The molecule has 0 aromatic carbocycles. The smallest absolute Gasteiger partial charge is 0.306 e. The van der Waals surface area contributed by atoms with Gasteiger partial charge in [0, 0.05) is 19.3 Å². The third-order valence-corrected chi connectivity index (χ3v) is 13.5. The fourth-order valence-corrected chi connectivity index (χ4v) is 8.63. The second-order valence-corrected chi connectivity index (χ2v) is 21.3.